The number of hydrogen-bond donors (Lipinski definition) is 1. The van der Waals surface area contributed by atoms with E-state index in [2.05, 4.69) is 20.4 Å². The molecule has 150 valence electrons. The summed E-state index contributed by atoms with van der Waals surface area (Å²) in [5, 5.41) is 7.50. The summed E-state index contributed by atoms with van der Waals surface area (Å²) in [6.07, 6.45) is 1.48. The minimum absolute atomic E-state index is 0.0258. The molecule has 1 unspecified atom stereocenters. The summed E-state index contributed by atoms with van der Waals surface area (Å²) in [4.78, 5) is 23.9. The van der Waals surface area contributed by atoms with Crippen molar-refractivity contribution in [1.82, 2.24) is 24.6 Å². The molecule has 4 rings (SSSR count). The highest BCUT2D eigenvalue weighted by Crippen LogP contribution is 2.24. The maximum atomic E-state index is 12.9. The number of hydrogen-bond acceptors (Lipinski definition) is 6. The second kappa shape index (κ2) is 8.00. The molecule has 8 nitrogen and oxygen atoms in total. The second-order valence-corrected chi connectivity index (χ2v) is 7.15. The van der Waals surface area contributed by atoms with Gasteiger partial charge in [0.25, 0.3) is 5.91 Å². The van der Waals surface area contributed by atoms with Gasteiger partial charge in [0.1, 0.15) is 17.7 Å². The van der Waals surface area contributed by atoms with E-state index < -0.39 is 0 Å². The highest BCUT2D eigenvalue weighted by Gasteiger charge is 2.28. The molecule has 0 radical (unpaired) electrons. The van der Waals surface area contributed by atoms with Gasteiger partial charge in [-0.1, -0.05) is 12.1 Å². The lowest BCUT2D eigenvalue weighted by Gasteiger charge is -2.32. The number of carbonyl (C=O) groups is 1. The van der Waals surface area contributed by atoms with E-state index in [0.717, 1.165) is 22.9 Å². The summed E-state index contributed by atoms with van der Waals surface area (Å²) >= 11 is 0. The molecule has 1 amide bonds. The van der Waals surface area contributed by atoms with Crippen LogP contribution in [0.2, 0.25) is 0 Å². The lowest BCUT2D eigenvalue weighted by atomic mass is 10.1. The highest BCUT2D eigenvalue weighted by atomic mass is 16.5. The van der Waals surface area contributed by atoms with Gasteiger partial charge >= 0.3 is 0 Å². The van der Waals surface area contributed by atoms with Gasteiger partial charge in [0.05, 0.1) is 30.1 Å². The molecule has 0 aliphatic carbocycles. The first-order chi connectivity index (χ1) is 14.0. The van der Waals surface area contributed by atoms with Crippen LogP contribution < -0.4 is 5.32 Å². The molecule has 29 heavy (non-hydrogen) atoms. The normalized spacial score (nSPS) is 16.7. The van der Waals surface area contributed by atoms with Crippen LogP contribution >= 0.6 is 0 Å². The Bertz CT molecular complexity index is 1030. The number of ether oxygens (including phenoxy) is 1. The fraction of sp³-hybridized carbons (Fsp3) is 0.333. The van der Waals surface area contributed by atoms with Crippen molar-refractivity contribution >= 4 is 17.5 Å². The molecule has 1 saturated heterocycles. The van der Waals surface area contributed by atoms with E-state index in [1.807, 2.05) is 62.2 Å². The predicted octanol–water partition coefficient (Wildman–Crippen LogP) is 2.78. The third-order valence-electron chi connectivity index (χ3n) is 4.84. The van der Waals surface area contributed by atoms with Crippen molar-refractivity contribution in [2.75, 3.05) is 25.0 Å². The number of anilines is 2. The van der Waals surface area contributed by atoms with E-state index in [-0.39, 0.29) is 12.0 Å². The number of rotatable bonds is 4. The Morgan fingerprint density at radius 2 is 1.90 bits per heavy atom. The van der Waals surface area contributed by atoms with Crippen LogP contribution in [0.15, 0.2) is 42.6 Å². The van der Waals surface area contributed by atoms with E-state index >= 15 is 0 Å². The summed E-state index contributed by atoms with van der Waals surface area (Å²) in [5.41, 5.74) is 3.07. The monoisotopic (exact) mass is 392 g/mol. The smallest absolute Gasteiger partial charge is 0.257 e. The van der Waals surface area contributed by atoms with Crippen molar-refractivity contribution in [2.45, 2.75) is 20.0 Å². The summed E-state index contributed by atoms with van der Waals surface area (Å²) in [7, 11) is 1.82. The number of aromatic nitrogens is 4. The molecule has 3 aromatic rings. The standard InChI is InChI=1S/C21H24N6O2/c1-14-6-4-8-19(22-14)24-20-9-5-7-17(23-20)18-13-27(10-11-29-18)21(28)16-12-26(3)25-15(16)2/h4-9,12,18H,10-11,13H2,1-3H3,(H,22,23,24). The topological polar surface area (TPSA) is 85.2 Å². The predicted molar refractivity (Wildman–Crippen MR) is 109 cm³/mol. The van der Waals surface area contributed by atoms with Gasteiger partial charge in [-0.3, -0.25) is 9.48 Å². The Kier molecular flexibility index (Phi) is 5.26. The third kappa shape index (κ3) is 4.27. The average molecular weight is 392 g/mol. The van der Waals surface area contributed by atoms with Crippen molar-refractivity contribution in [2.24, 2.45) is 7.05 Å². The third-order valence-corrected chi connectivity index (χ3v) is 4.84. The number of amides is 1. The minimum atomic E-state index is -0.281. The molecule has 0 bridgehead atoms. The average Bonchev–Trinajstić information content (AvgIpc) is 3.06. The van der Waals surface area contributed by atoms with Crippen molar-refractivity contribution in [1.29, 1.82) is 0 Å². The molecule has 4 heterocycles. The van der Waals surface area contributed by atoms with Crippen molar-refractivity contribution < 1.29 is 9.53 Å². The van der Waals surface area contributed by atoms with Crippen LogP contribution in [0.4, 0.5) is 11.6 Å². The number of nitrogens with one attached hydrogen (secondary N) is 1. The van der Waals surface area contributed by atoms with Crippen LogP contribution in [-0.4, -0.2) is 50.3 Å². The van der Waals surface area contributed by atoms with Crippen molar-refractivity contribution in [3.8, 4) is 0 Å². The molecule has 1 atom stereocenters. The fourth-order valence-corrected chi connectivity index (χ4v) is 3.44. The van der Waals surface area contributed by atoms with E-state index in [4.69, 9.17) is 4.74 Å². The van der Waals surface area contributed by atoms with Gasteiger partial charge in [0, 0.05) is 25.5 Å². The number of morpholine rings is 1. The zero-order valence-corrected chi connectivity index (χ0v) is 16.8. The molecule has 1 N–H and O–H groups in total. The fourth-order valence-electron chi connectivity index (χ4n) is 3.44. The summed E-state index contributed by atoms with van der Waals surface area (Å²) < 4.78 is 7.58. The first kappa shape index (κ1) is 19.1. The summed E-state index contributed by atoms with van der Waals surface area (Å²) in [6, 6.07) is 11.5. The van der Waals surface area contributed by atoms with E-state index in [0.29, 0.717) is 31.1 Å². The van der Waals surface area contributed by atoms with Crippen LogP contribution in [0.25, 0.3) is 0 Å². The quantitative estimate of drug-likeness (QED) is 0.735. The molecule has 0 aromatic carbocycles. The highest BCUT2D eigenvalue weighted by molar-refractivity contribution is 5.95. The maximum Gasteiger partial charge on any atom is 0.257 e. The maximum absolute atomic E-state index is 12.9. The van der Waals surface area contributed by atoms with E-state index in [1.165, 1.54) is 0 Å². The molecule has 0 spiro atoms. The van der Waals surface area contributed by atoms with Gasteiger partial charge in [0.15, 0.2) is 0 Å². The zero-order chi connectivity index (χ0) is 20.4. The largest absolute Gasteiger partial charge is 0.368 e. The molecular formula is C21H24N6O2. The molecular weight excluding hydrogens is 368 g/mol. The van der Waals surface area contributed by atoms with Gasteiger partial charge in [-0.05, 0) is 38.1 Å². The van der Waals surface area contributed by atoms with Gasteiger partial charge in [-0.2, -0.15) is 5.10 Å². The van der Waals surface area contributed by atoms with Gasteiger partial charge in [-0.25, -0.2) is 9.97 Å². The first-order valence-corrected chi connectivity index (χ1v) is 9.58. The zero-order valence-electron chi connectivity index (χ0n) is 16.8. The van der Waals surface area contributed by atoms with Crippen molar-refractivity contribution in [3.05, 3.63) is 65.2 Å². The molecule has 0 saturated carbocycles. The number of aryl methyl sites for hydroxylation is 3. The Morgan fingerprint density at radius 3 is 2.62 bits per heavy atom. The molecule has 3 aromatic heterocycles. The minimum Gasteiger partial charge on any atom is -0.368 e. The van der Waals surface area contributed by atoms with Gasteiger partial charge < -0.3 is 15.0 Å². The molecule has 1 aliphatic rings. The van der Waals surface area contributed by atoms with Crippen LogP contribution in [0.3, 0.4) is 0 Å². The Balaban J connectivity index is 1.49. The Labute approximate surface area is 169 Å². The Morgan fingerprint density at radius 1 is 1.14 bits per heavy atom. The van der Waals surface area contributed by atoms with E-state index in [9.17, 15) is 4.79 Å². The number of carbonyl (C=O) groups excluding carboxylic acids is 1. The lowest BCUT2D eigenvalue weighted by molar-refractivity contribution is -0.0246. The molecule has 1 aliphatic heterocycles. The molecule has 8 heteroatoms. The van der Waals surface area contributed by atoms with Gasteiger partial charge in [0.2, 0.25) is 0 Å². The SMILES string of the molecule is Cc1cccc(Nc2cccc(C3CN(C(=O)c4cn(C)nc4C)CCO3)n2)n1. The van der Waals surface area contributed by atoms with Crippen LogP contribution in [0, 0.1) is 13.8 Å². The lowest BCUT2D eigenvalue weighted by Crippen LogP contribution is -2.42. The summed E-state index contributed by atoms with van der Waals surface area (Å²) in [6.45, 7) is 5.26. The molecule has 1 fully saturated rings. The first-order valence-electron chi connectivity index (χ1n) is 9.58. The number of nitrogens with zero attached hydrogens (tertiary/aromatic N) is 5. The van der Waals surface area contributed by atoms with E-state index in [1.54, 1.807) is 10.9 Å². The Hall–Kier alpha value is -3.26. The second-order valence-electron chi connectivity index (χ2n) is 7.15. The van der Waals surface area contributed by atoms with Crippen molar-refractivity contribution in [3.63, 3.8) is 0 Å². The summed E-state index contributed by atoms with van der Waals surface area (Å²) in [5.74, 6) is 1.40. The van der Waals surface area contributed by atoms with Crippen LogP contribution in [0.1, 0.15) is 33.5 Å². The van der Waals surface area contributed by atoms with Gasteiger partial charge in [-0.15, -0.1) is 0 Å². The number of pyridine rings is 2. The van der Waals surface area contributed by atoms with Crippen LogP contribution in [0.5, 0.6) is 0 Å². The van der Waals surface area contributed by atoms with Crippen LogP contribution in [-0.2, 0) is 11.8 Å².